The third-order valence-corrected chi connectivity index (χ3v) is 6.56. The minimum atomic E-state index is -0.953. The molecule has 5 rings (SSSR count). The SMILES string of the molecule is O=C(Nc1ccc(C(=O)N[C@@H]2c3ccccc3C[C@@H]2C(=O)O)cc1)c1ccc(C(=O)NC2CC2)cc1. The molecule has 2 atom stereocenters. The molecule has 1 fully saturated rings. The van der Waals surface area contributed by atoms with Crippen LogP contribution >= 0.6 is 0 Å². The Morgan fingerprint density at radius 3 is 1.86 bits per heavy atom. The van der Waals surface area contributed by atoms with E-state index in [2.05, 4.69) is 16.0 Å². The number of carbonyl (C=O) groups excluding carboxylic acids is 3. The van der Waals surface area contributed by atoms with Crippen LogP contribution in [0.25, 0.3) is 0 Å². The Morgan fingerprint density at radius 1 is 0.694 bits per heavy atom. The van der Waals surface area contributed by atoms with Crippen LogP contribution in [0.5, 0.6) is 0 Å². The summed E-state index contributed by atoms with van der Waals surface area (Å²) in [6.45, 7) is 0. The molecule has 8 heteroatoms. The van der Waals surface area contributed by atoms with Crippen molar-refractivity contribution in [3.8, 4) is 0 Å². The third kappa shape index (κ3) is 4.98. The van der Waals surface area contributed by atoms with Crippen molar-refractivity contribution in [2.45, 2.75) is 31.3 Å². The molecule has 0 heterocycles. The van der Waals surface area contributed by atoms with Crippen molar-refractivity contribution in [1.82, 2.24) is 10.6 Å². The highest BCUT2D eigenvalue weighted by Gasteiger charge is 2.38. The van der Waals surface area contributed by atoms with Crippen LogP contribution < -0.4 is 16.0 Å². The number of nitrogens with one attached hydrogen (secondary N) is 3. The van der Waals surface area contributed by atoms with Gasteiger partial charge in [-0.25, -0.2) is 0 Å². The maximum absolute atomic E-state index is 12.9. The molecule has 3 aromatic carbocycles. The maximum atomic E-state index is 12.9. The molecular weight excluding hydrogens is 458 g/mol. The molecular formula is C28H25N3O5. The molecule has 0 unspecified atom stereocenters. The van der Waals surface area contributed by atoms with Crippen LogP contribution in [0, 0.1) is 5.92 Å². The summed E-state index contributed by atoms with van der Waals surface area (Å²) in [6, 6.07) is 19.9. The quantitative estimate of drug-likeness (QED) is 0.409. The van der Waals surface area contributed by atoms with Crippen LogP contribution in [0.2, 0.25) is 0 Å². The van der Waals surface area contributed by atoms with Gasteiger partial charge < -0.3 is 21.1 Å². The van der Waals surface area contributed by atoms with Crippen molar-refractivity contribution in [1.29, 1.82) is 0 Å². The van der Waals surface area contributed by atoms with E-state index in [0.29, 0.717) is 28.8 Å². The van der Waals surface area contributed by atoms with Crippen molar-refractivity contribution < 1.29 is 24.3 Å². The average Bonchev–Trinajstić information content (AvgIpc) is 3.63. The summed E-state index contributed by atoms with van der Waals surface area (Å²) in [7, 11) is 0. The van der Waals surface area contributed by atoms with Crippen molar-refractivity contribution in [3.05, 3.63) is 101 Å². The zero-order valence-corrected chi connectivity index (χ0v) is 19.4. The number of fused-ring (bicyclic) bond motifs is 1. The Balaban J connectivity index is 1.21. The van der Waals surface area contributed by atoms with Gasteiger partial charge in [0.05, 0.1) is 12.0 Å². The summed E-state index contributed by atoms with van der Waals surface area (Å²) >= 11 is 0. The largest absolute Gasteiger partial charge is 0.481 e. The van der Waals surface area contributed by atoms with Gasteiger partial charge in [0.25, 0.3) is 17.7 Å². The van der Waals surface area contributed by atoms with E-state index in [-0.39, 0.29) is 23.8 Å². The Kier molecular flexibility index (Phi) is 6.25. The van der Waals surface area contributed by atoms with Crippen molar-refractivity contribution in [2.75, 3.05) is 5.32 Å². The van der Waals surface area contributed by atoms with Crippen molar-refractivity contribution in [3.63, 3.8) is 0 Å². The zero-order chi connectivity index (χ0) is 25.2. The summed E-state index contributed by atoms with van der Waals surface area (Å²) in [5.41, 5.74) is 3.50. The molecule has 0 radical (unpaired) electrons. The van der Waals surface area contributed by atoms with Crippen molar-refractivity contribution >= 4 is 29.4 Å². The van der Waals surface area contributed by atoms with Crippen LogP contribution in [-0.2, 0) is 11.2 Å². The highest BCUT2D eigenvalue weighted by molar-refractivity contribution is 6.05. The molecule has 8 nitrogen and oxygen atoms in total. The highest BCUT2D eigenvalue weighted by Crippen LogP contribution is 2.36. The van der Waals surface area contributed by atoms with Gasteiger partial charge in [0.15, 0.2) is 0 Å². The number of carboxylic acids is 1. The number of hydrogen-bond acceptors (Lipinski definition) is 4. The average molecular weight is 484 g/mol. The molecule has 182 valence electrons. The van der Waals surface area contributed by atoms with Crippen molar-refractivity contribution in [2.24, 2.45) is 5.92 Å². The van der Waals surface area contributed by atoms with Gasteiger partial charge >= 0.3 is 5.97 Å². The highest BCUT2D eigenvalue weighted by atomic mass is 16.4. The van der Waals surface area contributed by atoms with E-state index in [1.165, 1.54) is 0 Å². The number of carboxylic acid groups (broad SMARTS) is 1. The van der Waals surface area contributed by atoms with Crippen LogP contribution in [0.3, 0.4) is 0 Å². The van der Waals surface area contributed by atoms with E-state index in [1.54, 1.807) is 48.5 Å². The Morgan fingerprint density at radius 2 is 1.25 bits per heavy atom. The van der Waals surface area contributed by atoms with Gasteiger partial charge in [-0.05, 0) is 78.9 Å². The van der Waals surface area contributed by atoms with Crippen LogP contribution in [0.1, 0.15) is 61.1 Å². The first-order chi connectivity index (χ1) is 17.4. The predicted molar refractivity (Wildman–Crippen MR) is 133 cm³/mol. The van der Waals surface area contributed by atoms with E-state index < -0.39 is 17.9 Å². The van der Waals surface area contributed by atoms with Gasteiger partial charge in [0.1, 0.15) is 0 Å². The number of benzene rings is 3. The van der Waals surface area contributed by atoms with Crippen LogP contribution in [0.4, 0.5) is 5.69 Å². The predicted octanol–water partition coefficient (Wildman–Crippen LogP) is 3.56. The van der Waals surface area contributed by atoms with Gasteiger partial charge in [0.2, 0.25) is 0 Å². The van der Waals surface area contributed by atoms with Gasteiger partial charge in [0, 0.05) is 28.4 Å². The molecule has 3 amide bonds. The van der Waals surface area contributed by atoms with E-state index in [1.807, 2.05) is 24.3 Å². The molecule has 3 aromatic rings. The number of rotatable bonds is 7. The fourth-order valence-corrected chi connectivity index (χ4v) is 4.41. The molecule has 36 heavy (non-hydrogen) atoms. The summed E-state index contributed by atoms with van der Waals surface area (Å²) in [5, 5.41) is 18.2. The Hall–Kier alpha value is -4.46. The lowest BCUT2D eigenvalue weighted by Gasteiger charge is -2.19. The van der Waals surface area contributed by atoms with Gasteiger partial charge in [-0.3, -0.25) is 19.2 Å². The first-order valence-electron chi connectivity index (χ1n) is 11.8. The van der Waals surface area contributed by atoms with Gasteiger partial charge in [-0.15, -0.1) is 0 Å². The van der Waals surface area contributed by atoms with E-state index in [0.717, 1.165) is 24.0 Å². The number of amides is 3. The normalized spacial score (nSPS) is 18.1. The van der Waals surface area contributed by atoms with Gasteiger partial charge in [-0.1, -0.05) is 24.3 Å². The summed E-state index contributed by atoms with van der Waals surface area (Å²) in [4.78, 5) is 49.3. The monoisotopic (exact) mass is 483 g/mol. The molecule has 2 aliphatic rings. The van der Waals surface area contributed by atoms with Crippen LogP contribution in [0.15, 0.2) is 72.8 Å². The molecule has 0 aromatic heterocycles. The Labute approximate surface area is 207 Å². The maximum Gasteiger partial charge on any atom is 0.309 e. The molecule has 0 spiro atoms. The number of aliphatic carboxylic acids is 1. The molecule has 0 aliphatic heterocycles. The molecule has 0 bridgehead atoms. The fraction of sp³-hybridized carbons (Fsp3) is 0.214. The lowest BCUT2D eigenvalue weighted by Crippen LogP contribution is -2.34. The lowest BCUT2D eigenvalue weighted by molar-refractivity contribution is -0.142. The molecule has 2 aliphatic carbocycles. The summed E-state index contributed by atoms with van der Waals surface area (Å²) in [5.74, 6) is -2.55. The molecule has 4 N–H and O–H groups in total. The minimum absolute atomic E-state index is 0.144. The second-order valence-electron chi connectivity index (χ2n) is 9.16. The summed E-state index contributed by atoms with van der Waals surface area (Å²) in [6.07, 6.45) is 2.38. The number of hydrogen-bond donors (Lipinski definition) is 4. The van der Waals surface area contributed by atoms with Crippen LogP contribution in [-0.4, -0.2) is 34.8 Å². The van der Waals surface area contributed by atoms with E-state index in [9.17, 15) is 24.3 Å². The smallest absolute Gasteiger partial charge is 0.309 e. The zero-order valence-electron chi connectivity index (χ0n) is 19.4. The fourth-order valence-electron chi connectivity index (χ4n) is 4.41. The summed E-state index contributed by atoms with van der Waals surface area (Å²) < 4.78 is 0. The second kappa shape index (κ2) is 9.65. The minimum Gasteiger partial charge on any atom is -0.481 e. The molecule has 0 saturated heterocycles. The van der Waals surface area contributed by atoms with E-state index in [4.69, 9.17) is 0 Å². The topological polar surface area (TPSA) is 125 Å². The lowest BCUT2D eigenvalue weighted by atomic mass is 10.00. The Bertz CT molecular complexity index is 1330. The number of carbonyl (C=O) groups is 4. The standard InChI is InChI=1S/C28H25N3O5/c32-25(16-5-7-17(8-6-16)26(33)30-21-13-14-21)29-20-11-9-18(10-12-20)27(34)31-24-22-4-2-1-3-19(22)15-23(24)28(35)36/h1-12,21,23-24H,13-15H2,(H,29,32)(H,30,33)(H,31,34)(H,35,36)/t23-,24+/m0/s1. The van der Waals surface area contributed by atoms with E-state index >= 15 is 0 Å². The third-order valence-electron chi connectivity index (χ3n) is 6.56. The second-order valence-corrected chi connectivity index (χ2v) is 9.16. The molecule has 1 saturated carbocycles. The van der Waals surface area contributed by atoms with Gasteiger partial charge in [-0.2, -0.15) is 0 Å². The number of anilines is 1. The first-order valence-corrected chi connectivity index (χ1v) is 11.8. The first kappa shape index (κ1) is 23.3.